The number of benzene rings is 1. The molecule has 0 saturated carbocycles. The summed E-state index contributed by atoms with van der Waals surface area (Å²) in [5, 5.41) is 9.99. The van der Waals surface area contributed by atoms with Crippen molar-refractivity contribution in [1.82, 2.24) is 19.9 Å². The van der Waals surface area contributed by atoms with Crippen molar-refractivity contribution in [3.63, 3.8) is 0 Å². The lowest BCUT2D eigenvalue weighted by atomic mass is 9.74. The van der Waals surface area contributed by atoms with Gasteiger partial charge in [-0.1, -0.05) is 30.3 Å². The topological polar surface area (TPSA) is 91.7 Å². The van der Waals surface area contributed by atoms with Crippen LogP contribution in [0, 0.1) is 18.3 Å². The molecule has 0 bridgehead atoms. The number of furan rings is 1. The largest absolute Gasteiger partial charge is 0.469 e. The van der Waals surface area contributed by atoms with Gasteiger partial charge in [-0.2, -0.15) is 5.26 Å². The van der Waals surface area contributed by atoms with Gasteiger partial charge >= 0.3 is 0 Å². The first-order valence-electron chi connectivity index (χ1n) is 10.6. The average Bonchev–Trinajstić information content (AvgIpc) is 3.30. The highest BCUT2D eigenvalue weighted by Gasteiger charge is 2.37. The molecule has 158 valence electrons. The van der Waals surface area contributed by atoms with Crippen molar-refractivity contribution < 1.29 is 4.42 Å². The van der Waals surface area contributed by atoms with Crippen LogP contribution in [-0.4, -0.2) is 33.0 Å². The first-order valence-corrected chi connectivity index (χ1v) is 10.6. The normalized spacial score (nSPS) is 15.3. The van der Waals surface area contributed by atoms with E-state index in [0.717, 1.165) is 41.0 Å². The first kappa shape index (κ1) is 19.9. The summed E-state index contributed by atoms with van der Waals surface area (Å²) in [5.74, 6) is 1.43. The van der Waals surface area contributed by atoms with Gasteiger partial charge in [0, 0.05) is 42.8 Å². The summed E-state index contributed by atoms with van der Waals surface area (Å²) in [6.07, 6.45) is 9.92. The van der Waals surface area contributed by atoms with E-state index in [0.29, 0.717) is 24.7 Å². The van der Waals surface area contributed by atoms with E-state index in [9.17, 15) is 5.26 Å². The third-order valence-electron chi connectivity index (χ3n) is 6.17. The molecule has 5 rings (SSSR count). The highest BCUT2D eigenvalue weighted by Crippen LogP contribution is 2.37. The Labute approximate surface area is 186 Å². The third kappa shape index (κ3) is 3.50. The molecule has 3 aromatic heterocycles. The Hall–Kier alpha value is -4.05. The number of piperidine rings is 1. The summed E-state index contributed by atoms with van der Waals surface area (Å²) >= 11 is 0. The summed E-state index contributed by atoms with van der Waals surface area (Å²) in [6, 6.07) is 14.6. The molecule has 0 unspecified atom stereocenters. The van der Waals surface area contributed by atoms with Crippen LogP contribution in [0.1, 0.15) is 24.2 Å². The molecule has 0 aliphatic carbocycles. The molecule has 7 heteroatoms. The minimum atomic E-state index is -0.471. The van der Waals surface area contributed by atoms with Crippen molar-refractivity contribution in [2.45, 2.75) is 25.2 Å². The lowest BCUT2D eigenvalue weighted by Crippen LogP contribution is -2.42. The van der Waals surface area contributed by atoms with E-state index in [-0.39, 0.29) is 0 Å². The number of nitriles is 1. The summed E-state index contributed by atoms with van der Waals surface area (Å²) in [5.41, 5.74) is 3.79. The molecule has 4 heterocycles. The molecule has 1 aliphatic rings. The highest BCUT2D eigenvalue weighted by atomic mass is 16.3. The Bertz CT molecular complexity index is 1250. The van der Waals surface area contributed by atoms with Crippen LogP contribution in [0.5, 0.6) is 0 Å². The SMILES string of the molecule is Cc1occc1-c1nc(N2CCC(C#N)(c3ccccc3)CC2)ncc1-c1cnccn1. The smallest absolute Gasteiger partial charge is 0.225 e. The maximum absolute atomic E-state index is 9.99. The van der Waals surface area contributed by atoms with Crippen LogP contribution in [0.25, 0.3) is 22.5 Å². The highest BCUT2D eigenvalue weighted by molar-refractivity contribution is 5.79. The zero-order chi connectivity index (χ0) is 22.0. The van der Waals surface area contributed by atoms with Gasteiger partial charge in [0.1, 0.15) is 5.76 Å². The van der Waals surface area contributed by atoms with Gasteiger partial charge < -0.3 is 9.32 Å². The molecule has 1 aromatic carbocycles. The van der Waals surface area contributed by atoms with Crippen molar-refractivity contribution in [3.05, 3.63) is 78.8 Å². The first-order chi connectivity index (χ1) is 15.7. The Balaban J connectivity index is 1.48. The quantitative estimate of drug-likeness (QED) is 0.476. The molecule has 0 N–H and O–H groups in total. The van der Waals surface area contributed by atoms with E-state index < -0.39 is 5.41 Å². The monoisotopic (exact) mass is 422 g/mol. The molecule has 0 amide bonds. The van der Waals surface area contributed by atoms with Crippen molar-refractivity contribution in [2.75, 3.05) is 18.0 Å². The van der Waals surface area contributed by atoms with Crippen LogP contribution >= 0.6 is 0 Å². The van der Waals surface area contributed by atoms with Gasteiger partial charge in [-0.3, -0.25) is 9.97 Å². The van der Waals surface area contributed by atoms with Crippen LogP contribution in [-0.2, 0) is 5.41 Å². The Morgan fingerprint density at radius 1 is 1.00 bits per heavy atom. The molecule has 1 aliphatic heterocycles. The number of rotatable bonds is 4. The molecule has 0 atom stereocenters. The van der Waals surface area contributed by atoms with Crippen molar-refractivity contribution in [1.29, 1.82) is 5.26 Å². The fraction of sp³-hybridized carbons (Fsp3) is 0.240. The third-order valence-corrected chi connectivity index (χ3v) is 6.17. The lowest BCUT2D eigenvalue weighted by Gasteiger charge is -2.37. The maximum atomic E-state index is 9.99. The molecule has 7 nitrogen and oxygen atoms in total. The van der Waals surface area contributed by atoms with Crippen molar-refractivity contribution in [2.24, 2.45) is 0 Å². The van der Waals surface area contributed by atoms with Crippen LogP contribution in [0.15, 0.2) is 71.9 Å². The zero-order valence-corrected chi connectivity index (χ0v) is 17.8. The summed E-state index contributed by atoms with van der Waals surface area (Å²) in [7, 11) is 0. The lowest BCUT2D eigenvalue weighted by molar-refractivity contribution is 0.412. The fourth-order valence-corrected chi connectivity index (χ4v) is 4.30. The average molecular weight is 422 g/mol. The number of aryl methyl sites for hydroxylation is 1. The molecule has 1 saturated heterocycles. The Morgan fingerprint density at radius 2 is 1.81 bits per heavy atom. The molecule has 0 spiro atoms. The predicted octanol–water partition coefficient (Wildman–Crippen LogP) is 4.56. The van der Waals surface area contributed by atoms with Crippen LogP contribution in [0.4, 0.5) is 5.95 Å². The second-order valence-corrected chi connectivity index (χ2v) is 7.96. The molecule has 4 aromatic rings. The van der Waals surface area contributed by atoms with Gasteiger partial charge in [-0.05, 0) is 31.4 Å². The summed E-state index contributed by atoms with van der Waals surface area (Å²) < 4.78 is 5.54. The Morgan fingerprint density at radius 3 is 2.47 bits per heavy atom. The van der Waals surface area contributed by atoms with Crippen molar-refractivity contribution in [3.8, 4) is 28.6 Å². The molecular formula is C25H22N6O. The standard InChI is InChI=1S/C25H22N6O/c1-18-20(7-14-32-18)23-21(22-16-27-10-11-28-22)15-29-24(30-23)31-12-8-25(17-26,9-13-31)19-5-3-2-4-6-19/h2-7,10-11,14-16H,8-9,12-13H2,1H3. The number of nitrogens with zero attached hydrogens (tertiary/aromatic N) is 6. The summed E-state index contributed by atoms with van der Waals surface area (Å²) in [6.45, 7) is 3.33. The van der Waals surface area contributed by atoms with Gasteiger partial charge in [0.25, 0.3) is 0 Å². The van der Waals surface area contributed by atoms with E-state index >= 15 is 0 Å². The number of hydrogen-bond donors (Lipinski definition) is 0. The Kier molecular flexibility index (Phi) is 5.12. The predicted molar refractivity (Wildman–Crippen MR) is 121 cm³/mol. The fourth-order valence-electron chi connectivity index (χ4n) is 4.30. The van der Waals surface area contributed by atoms with Gasteiger partial charge in [-0.25, -0.2) is 9.97 Å². The van der Waals surface area contributed by atoms with E-state index in [2.05, 4.69) is 25.9 Å². The minimum Gasteiger partial charge on any atom is -0.469 e. The van der Waals surface area contributed by atoms with E-state index in [4.69, 9.17) is 9.40 Å². The second kappa shape index (κ2) is 8.23. The maximum Gasteiger partial charge on any atom is 0.225 e. The molecule has 32 heavy (non-hydrogen) atoms. The van der Waals surface area contributed by atoms with Crippen LogP contribution in [0.2, 0.25) is 0 Å². The number of hydrogen-bond acceptors (Lipinski definition) is 7. The zero-order valence-electron chi connectivity index (χ0n) is 17.8. The second-order valence-electron chi connectivity index (χ2n) is 7.96. The molecular weight excluding hydrogens is 400 g/mol. The van der Waals surface area contributed by atoms with Gasteiger partial charge in [0.05, 0.1) is 35.3 Å². The van der Waals surface area contributed by atoms with Gasteiger partial charge in [0.15, 0.2) is 0 Å². The number of anilines is 1. The number of aromatic nitrogens is 4. The van der Waals surface area contributed by atoms with E-state index in [1.807, 2.05) is 43.3 Å². The van der Waals surface area contributed by atoms with E-state index in [1.165, 1.54) is 0 Å². The van der Waals surface area contributed by atoms with E-state index in [1.54, 1.807) is 31.1 Å². The van der Waals surface area contributed by atoms with Crippen LogP contribution in [0.3, 0.4) is 0 Å². The molecule has 0 radical (unpaired) electrons. The summed E-state index contributed by atoms with van der Waals surface area (Å²) in [4.78, 5) is 20.4. The van der Waals surface area contributed by atoms with Crippen molar-refractivity contribution >= 4 is 5.95 Å². The van der Waals surface area contributed by atoms with Crippen LogP contribution < -0.4 is 4.90 Å². The minimum absolute atomic E-state index is 0.471. The van der Waals surface area contributed by atoms with Gasteiger partial charge in [0.2, 0.25) is 5.95 Å². The molecule has 1 fully saturated rings. The van der Waals surface area contributed by atoms with Gasteiger partial charge in [-0.15, -0.1) is 0 Å².